The van der Waals surface area contributed by atoms with Gasteiger partial charge in [0, 0.05) is 6.54 Å². The van der Waals surface area contributed by atoms with Crippen molar-refractivity contribution < 1.29 is 0 Å². The summed E-state index contributed by atoms with van der Waals surface area (Å²) < 4.78 is 0. The van der Waals surface area contributed by atoms with Gasteiger partial charge in [0.1, 0.15) is 0 Å². The minimum Gasteiger partial charge on any atom is -0.312 e. The molecule has 15 heavy (non-hydrogen) atoms. The van der Waals surface area contributed by atoms with Gasteiger partial charge in [0.2, 0.25) is 0 Å². The molecule has 2 unspecified atom stereocenters. The van der Waals surface area contributed by atoms with Gasteiger partial charge in [0.25, 0.3) is 0 Å². The predicted octanol–water partition coefficient (Wildman–Crippen LogP) is 3.05. The highest BCUT2D eigenvalue weighted by atomic mass is 14.9. The Hall–Kier alpha value is -0.820. The van der Waals surface area contributed by atoms with Crippen molar-refractivity contribution in [1.82, 2.24) is 5.32 Å². The molecular weight excluding hydrogens is 182 g/mol. The number of hydrogen-bond acceptors (Lipinski definition) is 1. The van der Waals surface area contributed by atoms with Crippen LogP contribution in [0.25, 0.3) is 0 Å². The molecule has 82 valence electrons. The van der Waals surface area contributed by atoms with Crippen LogP contribution in [-0.2, 0) is 6.54 Å². The molecule has 1 aromatic carbocycles. The first-order valence-electron chi connectivity index (χ1n) is 5.93. The van der Waals surface area contributed by atoms with Crippen LogP contribution in [0.15, 0.2) is 18.2 Å². The van der Waals surface area contributed by atoms with Crippen molar-refractivity contribution in [2.24, 2.45) is 11.8 Å². The minimum absolute atomic E-state index is 0.941. The first-order valence-corrected chi connectivity index (χ1v) is 5.93. The average Bonchev–Trinajstić information content (AvgIpc) is 2.80. The third kappa shape index (κ3) is 3.07. The first kappa shape index (κ1) is 10.7. The standard InChI is InChI=1S/C14H21N/c1-10-4-11(2)6-13(5-10)8-15-9-14-7-12(14)3/h4-6,12,14-15H,7-9H2,1-3H3. The summed E-state index contributed by atoms with van der Waals surface area (Å²) in [5, 5.41) is 3.55. The molecular formula is C14H21N. The van der Waals surface area contributed by atoms with E-state index in [1.54, 1.807) is 0 Å². The summed E-state index contributed by atoms with van der Waals surface area (Å²) in [6.45, 7) is 8.88. The van der Waals surface area contributed by atoms with Crippen LogP contribution >= 0.6 is 0 Å². The number of benzene rings is 1. The van der Waals surface area contributed by atoms with Gasteiger partial charge in [-0.3, -0.25) is 0 Å². The normalized spacial score (nSPS) is 24.2. The average molecular weight is 203 g/mol. The highest BCUT2D eigenvalue weighted by Gasteiger charge is 2.31. The second kappa shape index (κ2) is 4.36. The highest BCUT2D eigenvalue weighted by molar-refractivity contribution is 5.28. The summed E-state index contributed by atoms with van der Waals surface area (Å²) in [6, 6.07) is 6.78. The summed E-state index contributed by atoms with van der Waals surface area (Å²) in [5.41, 5.74) is 4.15. The second-order valence-corrected chi connectivity index (χ2v) is 5.10. The number of aryl methyl sites for hydroxylation is 2. The van der Waals surface area contributed by atoms with E-state index in [2.05, 4.69) is 44.3 Å². The van der Waals surface area contributed by atoms with Crippen LogP contribution in [-0.4, -0.2) is 6.54 Å². The SMILES string of the molecule is Cc1cc(C)cc(CNCC2CC2C)c1. The molecule has 1 fully saturated rings. The lowest BCUT2D eigenvalue weighted by atomic mass is 10.1. The Morgan fingerprint density at radius 2 is 1.80 bits per heavy atom. The molecule has 0 aromatic heterocycles. The Balaban J connectivity index is 1.82. The van der Waals surface area contributed by atoms with Crippen LogP contribution in [0, 0.1) is 25.7 Å². The van der Waals surface area contributed by atoms with Gasteiger partial charge in [-0.25, -0.2) is 0 Å². The summed E-state index contributed by atoms with van der Waals surface area (Å²) >= 11 is 0. The topological polar surface area (TPSA) is 12.0 Å². The molecule has 0 amide bonds. The molecule has 0 bridgehead atoms. The van der Waals surface area contributed by atoms with E-state index >= 15 is 0 Å². The zero-order chi connectivity index (χ0) is 10.8. The van der Waals surface area contributed by atoms with E-state index in [0.717, 1.165) is 18.4 Å². The lowest BCUT2D eigenvalue weighted by molar-refractivity contribution is 0.611. The maximum Gasteiger partial charge on any atom is 0.0205 e. The van der Waals surface area contributed by atoms with Gasteiger partial charge >= 0.3 is 0 Å². The molecule has 0 saturated heterocycles. The fourth-order valence-corrected chi connectivity index (χ4v) is 2.26. The molecule has 1 N–H and O–H groups in total. The summed E-state index contributed by atoms with van der Waals surface area (Å²) in [6.07, 6.45) is 1.42. The first-order chi connectivity index (χ1) is 7.15. The largest absolute Gasteiger partial charge is 0.312 e. The van der Waals surface area contributed by atoms with E-state index in [0.29, 0.717) is 0 Å². The third-order valence-corrected chi connectivity index (χ3v) is 3.29. The number of hydrogen-bond donors (Lipinski definition) is 1. The zero-order valence-corrected chi connectivity index (χ0v) is 10.0. The van der Waals surface area contributed by atoms with E-state index in [-0.39, 0.29) is 0 Å². The van der Waals surface area contributed by atoms with E-state index in [9.17, 15) is 0 Å². The maximum atomic E-state index is 3.55. The fourth-order valence-electron chi connectivity index (χ4n) is 2.26. The van der Waals surface area contributed by atoms with Crippen LogP contribution in [0.1, 0.15) is 30.0 Å². The van der Waals surface area contributed by atoms with Gasteiger partial charge in [-0.1, -0.05) is 36.2 Å². The number of nitrogens with one attached hydrogen (secondary N) is 1. The molecule has 0 radical (unpaired) electrons. The van der Waals surface area contributed by atoms with E-state index in [4.69, 9.17) is 0 Å². The van der Waals surface area contributed by atoms with Crippen LogP contribution < -0.4 is 5.32 Å². The zero-order valence-electron chi connectivity index (χ0n) is 10.0. The Kier molecular flexibility index (Phi) is 3.11. The summed E-state index contributed by atoms with van der Waals surface area (Å²) in [5.74, 6) is 1.90. The van der Waals surface area contributed by atoms with Crippen LogP contribution in [0.4, 0.5) is 0 Å². The Labute approximate surface area is 92.9 Å². The van der Waals surface area contributed by atoms with Crippen LogP contribution in [0.5, 0.6) is 0 Å². The molecule has 1 aromatic rings. The van der Waals surface area contributed by atoms with Crippen molar-refractivity contribution in [3.63, 3.8) is 0 Å². The molecule has 0 spiro atoms. The molecule has 1 aliphatic rings. The monoisotopic (exact) mass is 203 g/mol. The van der Waals surface area contributed by atoms with Gasteiger partial charge in [0.15, 0.2) is 0 Å². The van der Waals surface area contributed by atoms with Crippen molar-refractivity contribution in [3.05, 3.63) is 34.9 Å². The van der Waals surface area contributed by atoms with Crippen molar-refractivity contribution in [1.29, 1.82) is 0 Å². The summed E-state index contributed by atoms with van der Waals surface area (Å²) in [4.78, 5) is 0. The predicted molar refractivity (Wildman–Crippen MR) is 64.9 cm³/mol. The third-order valence-electron chi connectivity index (χ3n) is 3.29. The summed E-state index contributed by atoms with van der Waals surface area (Å²) in [7, 11) is 0. The Morgan fingerprint density at radius 1 is 1.20 bits per heavy atom. The smallest absolute Gasteiger partial charge is 0.0205 e. The molecule has 2 rings (SSSR count). The van der Waals surface area contributed by atoms with Gasteiger partial charge in [-0.2, -0.15) is 0 Å². The van der Waals surface area contributed by atoms with Crippen LogP contribution in [0.3, 0.4) is 0 Å². The lowest BCUT2D eigenvalue weighted by Gasteiger charge is -2.06. The van der Waals surface area contributed by atoms with Gasteiger partial charge in [-0.15, -0.1) is 0 Å². The highest BCUT2D eigenvalue weighted by Crippen LogP contribution is 2.36. The van der Waals surface area contributed by atoms with Crippen molar-refractivity contribution >= 4 is 0 Å². The molecule has 1 saturated carbocycles. The van der Waals surface area contributed by atoms with Gasteiger partial charge < -0.3 is 5.32 Å². The molecule has 0 aliphatic heterocycles. The molecule has 1 aliphatic carbocycles. The second-order valence-electron chi connectivity index (χ2n) is 5.10. The lowest BCUT2D eigenvalue weighted by Crippen LogP contribution is -2.16. The fraction of sp³-hybridized carbons (Fsp3) is 0.571. The quantitative estimate of drug-likeness (QED) is 0.793. The van der Waals surface area contributed by atoms with E-state index < -0.39 is 0 Å². The molecule has 2 atom stereocenters. The molecule has 0 heterocycles. The van der Waals surface area contributed by atoms with Crippen molar-refractivity contribution in [3.8, 4) is 0 Å². The molecule has 1 nitrogen and oxygen atoms in total. The van der Waals surface area contributed by atoms with Gasteiger partial charge in [0.05, 0.1) is 0 Å². The van der Waals surface area contributed by atoms with E-state index in [1.165, 1.54) is 29.7 Å². The van der Waals surface area contributed by atoms with Crippen LogP contribution in [0.2, 0.25) is 0 Å². The Morgan fingerprint density at radius 3 is 2.33 bits per heavy atom. The van der Waals surface area contributed by atoms with Gasteiger partial charge in [-0.05, 0) is 44.2 Å². The number of rotatable bonds is 4. The molecule has 1 heteroatoms. The van der Waals surface area contributed by atoms with Crippen molar-refractivity contribution in [2.45, 2.75) is 33.7 Å². The maximum absolute atomic E-state index is 3.55. The Bertz CT molecular complexity index is 323. The van der Waals surface area contributed by atoms with Crippen molar-refractivity contribution in [2.75, 3.05) is 6.54 Å². The minimum atomic E-state index is 0.941. The van der Waals surface area contributed by atoms with E-state index in [1.807, 2.05) is 0 Å².